The minimum atomic E-state index is 0. The van der Waals surface area contributed by atoms with Crippen LogP contribution in [0.1, 0.15) is 38.3 Å². The van der Waals surface area contributed by atoms with Crippen molar-refractivity contribution < 1.29 is 0 Å². The second-order valence-corrected chi connectivity index (χ2v) is 5.33. The molecule has 3 rings (SSSR count). The lowest BCUT2D eigenvalue weighted by molar-refractivity contribution is 0.867. The third-order valence-electron chi connectivity index (χ3n) is 3.17. The van der Waals surface area contributed by atoms with Crippen LogP contribution in [0.5, 0.6) is 0 Å². The van der Waals surface area contributed by atoms with E-state index in [9.17, 15) is 0 Å². The van der Waals surface area contributed by atoms with Crippen molar-refractivity contribution in [1.29, 1.82) is 0 Å². The molecule has 0 radical (unpaired) electrons. The Morgan fingerprint density at radius 1 is 0.625 bits per heavy atom. The zero-order valence-electron chi connectivity index (χ0n) is 14.1. The van der Waals surface area contributed by atoms with Crippen LogP contribution in [0.15, 0.2) is 104 Å². The molecule has 3 aromatic rings. The van der Waals surface area contributed by atoms with Crippen LogP contribution in [-0.2, 0) is 0 Å². The predicted molar refractivity (Wildman–Crippen MR) is 110 cm³/mol. The molecular weight excluding hydrogens is 288 g/mol. The van der Waals surface area contributed by atoms with Crippen molar-refractivity contribution >= 4 is 6.08 Å². The van der Waals surface area contributed by atoms with Crippen LogP contribution in [-0.4, -0.2) is 0 Å². The Kier molecular flexibility index (Phi) is 12.5. The van der Waals surface area contributed by atoms with Crippen LogP contribution >= 0.6 is 0 Å². The molecule has 0 heterocycles. The van der Waals surface area contributed by atoms with Crippen LogP contribution in [0.3, 0.4) is 0 Å². The Morgan fingerprint density at radius 3 is 1.21 bits per heavy atom. The maximum Gasteiger partial charge on any atom is -0.0219 e. The van der Waals surface area contributed by atoms with Gasteiger partial charge in [0.2, 0.25) is 0 Å². The summed E-state index contributed by atoms with van der Waals surface area (Å²) in [6, 6.07) is 32.5. The van der Waals surface area contributed by atoms with Crippen molar-refractivity contribution in [2.75, 3.05) is 0 Å². The minimum Gasteiger partial charge on any atom is -0.0985 e. The maximum absolute atomic E-state index is 3.63. The van der Waals surface area contributed by atoms with Crippen LogP contribution in [0, 0.1) is 0 Å². The molecule has 0 fully saturated rings. The molecule has 0 aliphatic carbocycles. The fourth-order valence-corrected chi connectivity index (χ4v) is 1.81. The quantitative estimate of drug-likeness (QED) is 0.460. The number of benzene rings is 3. The average molecular weight is 319 g/mol. The molecule has 0 aliphatic heterocycles. The van der Waals surface area contributed by atoms with Gasteiger partial charge < -0.3 is 0 Å². The lowest BCUT2D eigenvalue weighted by Gasteiger charge is -2.01. The van der Waals surface area contributed by atoms with Gasteiger partial charge in [-0.3, -0.25) is 0 Å². The average Bonchev–Trinajstić information content (AvgIpc) is 2.65. The summed E-state index contributed by atoms with van der Waals surface area (Å²) in [5.74, 6) is 0.659. The Balaban J connectivity index is 0.000000330. The number of hydrogen-bond acceptors (Lipinski definition) is 0. The van der Waals surface area contributed by atoms with E-state index in [1.807, 2.05) is 78.9 Å². The van der Waals surface area contributed by atoms with Crippen LogP contribution in [0.2, 0.25) is 0 Å². The standard InChI is InChI=1S/C9H12.C8H8.C6H6.CH4/c1-8(2)9-6-4-3-5-7-9;1-2-8-6-4-3-5-7-8;1-2-4-6-5-3-1;/h3-8H,1-2H3;2-7H,1H2;1-6H;1H4. The molecule has 24 heavy (non-hydrogen) atoms. The van der Waals surface area contributed by atoms with Gasteiger partial charge in [-0.1, -0.05) is 131 Å². The van der Waals surface area contributed by atoms with Crippen molar-refractivity contribution in [2.45, 2.75) is 27.2 Å². The summed E-state index contributed by atoms with van der Waals surface area (Å²) in [5, 5.41) is 0. The number of hydrogen-bond donors (Lipinski definition) is 0. The zero-order chi connectivity index (χ0) is 16.8. The first-order valence-corrected chi connectivity index (χ1v) is 7.96. The van der Waals surface area contributed by atoms with Gasteiger partial charge in [-0.25, -0.2) is 0 Å². The molecule has 0 aromatic heterocycles. The summed E-state index contributed by atoms with van der Waals surface area (Å²) in [4.78, 5) is 0. The molecule has 0 saturated heterocycles. The third-order valence-corrected chi connectivity index (χ3v) is 3.17. The lowest BCUT2D eigenvalue weighted by Crippen LogP contribution is -1.83. The molecular formula is C24H30. The van der Waals surface area contributed by atoms with Gasteiger partial charge in [-0.15, -0.1) is 0 Å². The van der Waals surface area contributed by atoms with Crippen LogP contribution in [0.25, 0.3) is 6.08 Å². The summed E-state index contributed by atoms with van der Waals surface area (Å²) in [6.07, 6.45) is 1.83. The van der Waals surface area contributed by atoms with E-state index in [0.717, 1.165) is 0 Å². The molecule has 0 spiro atoms. The Hall–Kier alpha value is -2.60. The number of rotatable bonds is 2. The van der Waals surface area contributed by atoms with Gasteiger partial charge in [-0.2, -0.15) is 0 Å². The zero-order valence-corrected chi connectivity index (χ0v) is 14.1. The van der Waals surface area contributed by atoms with Crippen molar-refractivity contribution in [3.63, 3.8) is 0 Å². The van der Waals surface area contributed by atoms with E-state index in [2.05, 4.69) is 44.7 Å². The van der Waals surface area contributed by atoms with E-state index in [-0.39, 0.29) is 7.43 Å². The fraction of sp³-hybridized carbons (Fsp3) is 0.167. The SMILES string of the molecule is C.C=Cc1ccccc1.CC(C)c1ccccc1.c1ccccc1. The second-order valence-electron chi connectivity index (χ2n) is 5.33. The summed E-state index contributed by atoms with van der Waals surface area (Å²) < 4.78 is 0. The van der Waals surface area contributed by atoms with Crippen molar-refractivity contribution in [2.24, 2.45) is 0 Å². The summed E-state index contributed by atoms with van der Waals surface area (Å²) in [5.41, 5.74) is 2.59. The molecule has 0 atom stereocenters. The molecule has 0 N–H and O–H groups in total. The first kappa shape index (κ1) is 21.4. The summed E-state index contributed by atoms with van der Waals surface area (Å²) in [6.45, 7) is 8.04. The molecule has 126 valence electrons. The molecule has 0 amide bonds. The maximum atomic E-state index is 3.63. The highest BCUT2D eigenvalue weighted by Crippen LogP contribution is 2.11. The van der Waals surface area contributed by atoms with Crippen LogP contribution < -0.4 is 0 Å². The van der Waals surface area contributed by atoms with E-state index in [1.165, 1.54) is 11.1 Å². The predicted octanol–water partition coefficient (Wildman–Crippen LogP) is 7.46. The van der Waals surface area contributed by atoms with Gasteiger partial charge in [-0.05, 0) is 17.0 Å². The Bertz CT molecular complexity index is 583. The molecule has 0 aliphatic rings. The van der Waals surface area contributed by atoms with E-state index >= 15 is 0 Å². The normalized spacial score (nSPS) is 8.62. The summed E-state index contributed by atoms with van der Waals surface area (Å²) in [7, 11) is 0. The highest BCUT2D eigenvalue weighted by Gasteiger charge is 1.93. The smallest absolute Gasteiger partial charge is 0.0219 e. The van der Waals surface area contributed by atoms with Gasteiger partial charge in [0.25, 0.3) is 0 Å². The van der Waals surface area contributed by atoms with Gasteiger partial charge in [0, 0.05) is 0 Å². The van der Waals surface area contributed by atoms with Crippen LogP contribution in [0.4, 0.5) is 0 Å². The summed E-state index contributed by atoms with van der Waals surface area (Å²) >= 11 is 0. The van der Waals surface area contributed by atoms with Crippen molar-refractivity contribution in [3.8, 4) is 0 Å². The van der Waals surface area contributed by atoms with E-state index in [4.69, 9.17) is 0 Å². The molecule has 0 heteroatoms. The Morgan fingerprint density at radius 2 is 0.958 bits per heavy atom. The van der Waals surface area contributed by atoms with Crippen molar-refractivity contribution in [3.05, 3.63) is 115 Å². The van der Waals surface area contributed by atoms with E-state index < -0.39 is 0 Å². The fourth-order valence-electron chi connectivity index (χ4n) is 1.81. The first-order valence-electron chi connectivity index (χ1n) is 7.96. The topological polar surface area (TPSA) is 0 Å². The lowest BCUT2D eigenvalue weighted by atomic mass is 10.0. The third kappa shape index (κ3) is 10.2. The molecule has 0 nitrogen and oxygen atoms in total. The second kappa shape index (κ2) is 14.0. The first-order chi connectivity index (χ1) is 11.2. The van der Waals surface area contributed by atoms with Gasteiger partial charge >= 0.3 is 0 Å². The monoisotopic (exact) mass is 318 g/mol. The van der Waals surface area contributed by atoms with Gasteiger partial charge in [0.05, 0.1) is 0 Å². The molecule has 0 bridgehead atoms. The Labute approximate surface area is 148 Å². The largest absolute Gasteiger partial charge is 0.0985 e. The molecule has 3 aromatic carbocycles. The molecule has 0 saturated carbocycles. The highest BCUT2D eigenvalue weighted by atomic mass is 14.0. The molecule has 0 unspecified atom stereocenters. The highest BCUT2D eigenvalue weighted by molar-refractivity contribution is 5.45. The van der Waals surface area contributed by atoms with E-state index in [0.29, 0.717) is 5.92 Å². The minimum absolute atomic E-state index is 0. The van der Waals surface area contributed by atoms with Gasteiger partial charge in [0.15, 0.2) is 0 Å². The van der Waals surface area contributed by atoms with E-state index in [1.54, 1.807) is 0 Å². The van der Waals surface area contributed by atoms with Crippen molar-refractivity contribution in [1.82, 2.24) is 0 Å². The van der Waals surface area contributed by atoms with Gasteiger partial charge in [0.1, 0.15) is 0 Å².